The molecule has 0 aliphatic rings. The Kier molecular flexibility index (Phi) is 6.00. The lowest BCUT2D eigenvalue weighted by Gasteiger charge is -2.11. The second-order valence-corrected chi connectivity index (χ2v) is 6.39. The lowest BCUT2D eigenvalue weighted by Crippen LogP contribution is -2.14. The van der Waals surface area contributed by atoms with E-state index in [-0.39, 0.29) is 11.7 Å². The van der Waals surface area contributed by atoms with E-state index < -0.39 is 0 Å². The maximum absolute atomic E-state index is 12.1. The second-order valence-electron chi connectivity index (χ2n) is 4.59. The Morgan fingerprint density at radius 3 is 2.55 bits per heavy atom. The molecule has 2 rings (SSSR count). The molecule has 0 saturated heterocycles. The van der Waals surface area contributed by atoms with Gasteiger partial charge in [0, 0.05) is 4.90 Å². The van der Waals surface area contributed by atoms with Gasteiger partial charge in [-0.15, -0.1) is 11.8 Å². The van der Waals surface area contributed by atoms with Crippen molar-refractivity contribution >= 4 is 46.6 Å². The molecule has 1 amide bonds. The van der Waals surface area contributed by atoms with Crippen molar-refractivity contribution in [2.45, 2.75) is 11.8 Å². The van der Waals surface area contributed by atoms with E-state index in [1.165, 1.54) is 11.8 Å². The van der Waals surface area contributed by atoms with E-state index >= 15 is 0 Å². The predicted octanol–water partition coefficient (Wildman–Crippen LogP) is 5.04. The van der Waals surface area contributed by atoms with Gasteiger partial charge in [-0.3, -0.25) is 4.79 Å². The summed E-state index contributed by atoms with van der Waals surface area (Å²) in [7, 11) is 1.57. The Balaban J connectivity index is 2.03. The number of methoxy groups -OCH3 is 1. The highest BCUT2D eigenvalue weighted by molar-refractivity contribution is 8.00. The van der Waals surface area contributed by atoms with Crippen LogP contribution in [0.5, 0.6) is 5.75 Å². The first kappa shape index (κ1) is 17.0. The summed E-state index contributed by atoms with van der Waals surface area (Å²) in [6, 6.07) is 10.9. The van der Waals surface area contributed by atoms with Crippen LogP contribution in [0.1, 0.15) is 5.56 Å². The highest BCUT2D eigenvalue weighted by Crippen LogP contribution is 2.34. The zero-order chi connectivity index (χ0) is 16.1. The third-order valence-electron chi connectivity index (χ3n) is 2.90. The molecule has 0 aromatic heterocycles. The molecule has 3 nitrogen and oxygen atoms in total. The van der Waals surface area contributed by atoms with E-state index in [0.29, 0.717) is 26.4 Å². The number of rotatable bonds is 5. The van der Waals surface area contributed by atoms with Crippen molar-refractivity contribution in [2.75, 3.05) is 18.2 Å². The predicted molar refractivity (Wildman–Crippen MR) is 93.5 cm³/mol. The fourth-order valence-corrected chi connectivity index (χ4v) is 3.35. The lowest BCUT2D eigenvalue weighted by molar-refractivity contribution is -0.113. The van der Waals surface area contributed by atoms with Gasteiger partial charge in [0.25, 0.3) is 0 Å². The fourth-order valence-electron chi connectivity index (χ4n) is 1.86. The summed E-state index contributed by atoms with van der Waals surface area (Å²) < 4.78 is 5.24. The third-order valence-corrected chi connectivity index (χ3v) is 4.88. The van der Waals surface area contributed by atoms with Crippen molar-refractivity contribution < 1.29 is 9.53 Å². The number of thioether (sulfide) groups is 1. The maximum Gasteiger partial charge on any atom is 0.234 e. The Bertz CT molecular complexity index is 672. The molecule has 0 spiro atoms. The zero-order valence-corrected chi connectivity index (χ0v) is 14.5. The zero-order valence-electron chi connectivity index (χ0n) is 12.2. The average molecular weight is 356 g/mol. The molecule has 0 atom stereocenters. The SMILES string of the molecule is COc1ccc(C)cc1NC(=O)CSc1c(Cl)cccc1Cl. The van der Waals surface area contributed by atoms with Crippen molar-refractivity contribution in [2.24, 2.45) is 0 Å². The molecule has 0 unspecified atom stereocenters. The summed E-state index contributed by atoms with van der Waals surface area (Å²) >= 11 is 13.5. The molecule has 116 valence electrons. The first-order valence-corrected chi connectivity index (χ1v) is 8.26. The molecule has 1 N–H and O–H groups in total. The lowest BCUT2D eigenvalue weighted by atomic mass is 10.2. The summed E-state index contributed by atoms with van der Waals surface area (Å²) in [5, 5.41) is 3.92. The fraction of sp³-hybridized carbons (Fsp3) is 0.188. The van der Waals surface area contributed by atoms with Gasteiger partial charge in [0.15, 0.2) is 0 Å². The van der Waals surface area contributed by atoms with Gasteiger partial charge in [-0.25, -0.2) is 0 Å². The van der Waals surface area contributed by atoms with Crippen LogP contribution >= 0.6 is 35.0 Å². The number of nitrogens with one attached hydrogen (secondary N) is 1. The average Bonchev–Trinajstić information content (AvgIpc) is 2.47. The third kappa shape index (κ3) is 4.32. The van der Waals surface area contributed by atoms with Gasteiger partial charge < -0.3 is 10.1 Å². The monoisotopic (exact) mass is 355 g/mol. The number of aryl methyl sites for hydroxylation is 1. The van der Waals surface area contributed by atoms with E-state index in [0.717, 1.165) is 5.56 Å². The minimum absolute atomic E-state index is 0.148. The number of carbonyl (C=O) groups excluding carboxylic acids is 1. The molecule has 0 heterocycles. The van der Waals surface area contributed by atoms with Crippen molar-refractivity contribution in [3.63, 3.8) is 0 Å². The molecule has 2 aromatic rings. The van der Waals surface area contributed by atoms with Crippen LogP contribution < -0.4 is 10.1 Å². The molecular formula is C16H15Cl2NO2S. The van der Waals surface area contributed by atoms with E-state index in [1.807, 2.05) is 25.1 Å². The van der Waals surface area contributed by atoms with E-state index in [2.05, 4.69) is 5.32 Å². The number of amides is 1. The molecule has 0 aliphatic heterocycles. The van der Waals surface area contributed by atoms with E-state index in [4.69, 9.17) is 27.9 Å². The number of ether oxygens (including phenoxy) is 1. The Hall–Kier alpha value is -1.36. The van der Waals surface area contributed by atoms with Crippen molar-refractivity contribution in [3.8, 4) is 5.75 Å². The number of hydrogen-bond donors (Lipinski definition) is 1. The smallest absolute Gasteiger partial charge is 0.234 e. The van der Waals surface area contributed by atoms with Crippen LogP contribution in [-0.4, -0.2) is 18.8 Å². The molecule has 0 saturated carbocycles. The molecule has 0 bridgehead atoms. The molecule has 2 aromatic carbocycles. The van der Waals surface area contributed by atoms with Gasteiger partial charge in [-0.1, -0.05) is 35.3 Å². The normalized spacial score (nSPS) is 10.4. The molecule has 0 radical (unpaired) electrons. The number of hydrogen-bond acceptors (Lipinski definition) is 3. The van der Waals surface area contributed by atoms with Crippen LogP contribution in [0.25, 0.3) is 0 Å². The highest BCUT2D eigenvalue weighted by atomic mass is 35.5. The van der Waals surface area contributed by atoms with Gasteiger partial charge in [0.2, 0.25) is 5.91 Å². The topological polar surface area (TPSA) is 38.3 Å². The first-order chi connectivity index (χ1) is 10.5. The minimum Gasteiger partial charge on any atom is -0.495 e. The highest BCUT2D eigenvalue weighted by Gasteiger charge is 2.11. The van der Waals surface area contributed by atoms with Gasteiger partial charge in [-0.05, 0) is 36.8 Å². The molecular weight excluding hydrogens is 341 g/mol. The number of anilines is 1. The van der Waals surface area contributed by atoms with Crippen molar-refractivity contribution in [1.82, 2.24) is 0 Å². The Morgan fingerprint density at radius 2 is 1.91 bits per heavy atom. The van der Waals surface area contributed by atoms with Crippen LogP contribution in [-0.2, 0) is 4.79 Å². The standard InChI is InChI=1S/C16H15Cl2NO2S/c1-10-6-7-14(21-2)13(8-10)19-15(20)9-22-16-11(17)4-3-5-12(16)18/h3-8H,9H2,1-2H3,(H,19,20). The largest absolute Gasteiger partial charge is 0.495 e. The van der Waals surface area contributed by atoms with Gasteiger partial charge in [0.1, 0.15) is 5.75 Å². The first-order valence-electron chi connectivity index (χ1n) is 6.52. The van der Waals surface area contributed by atoms with E-state index in [9.17, 15) is 4.79 Å². The molecule has 0 fully saturated rings. The summed E-state index contributed by atoms with van der Waals surface area (Å²) in [5.41, 5.74) is 1.69. The number of benzene rings is 2. The van der Waals surface area contributed by atoms with Crippen LogP contribution in [0.2, 0.25) is 10.0 Å². The molecule has 0 aliphatic carbocycles. The van der Waals surface area contributed by atoms with E-state index in [1.54, 1.807) is 25.3 Å². The summed E-state index contributed by atoms with van der Waals surface area (Å²) in [6.07, 6.45) is 0. The Morgan fingerprint density at radius 1 is 1.23 bits per heavy atom. The van der Waals surface area contributed by atoms with Crippen LogP contribution in [0.15, 0.2) is 41.3 Å². The summed E-state index contributed by atoms with van der Waals surface area (Å²) in [5.74, 6) is 0.685. The van der Waals surface area contributed by atoms with Gasteiger partial charge >= 0.3 is 0 Å². The van der Waals surface area contributed by atoms with Crippen molar-refractivity contribution in [1.29, 1.82) is 0 Å². The molecule has 6 heteroatoms. The maximum atomic E-state index is 12.1. The second kappa shape index (κ2) is 7.77. The van der Waals surface area contributed by atoms with Gasteiger partial charge in [-0.2, -0.15) is 0 Å². The quantitative estimate of drug-likeness (QED) is 0.763. The Labute approximate surface area is 144 Å². The van der Waals surface area contributed by atoms with Crippen molar-refractivity contribution in [3.05, 3.63) is 52.0 Å². The number of carbonyl (C=O) groups is 1. The van der Waals surface area contributed by atoms with Crippen LogP contribution in [0.4, 0.5) is 5.69 Å². The van der Waals surface area contributed by atoms with Crippen LogP contribution in [0, 0.1) is 6.92 Å². The summed E-state index contributed by atoms with van der Waals surface area (Å²) in [4.78, 5) is 12.8. The molecule has 22 heavy (non-hydrogen) atoms. The van der Waals surface area contributed by atoms with Gasteiger partial charge in [0.05, 0.1) is 28.6 Å². The van der Waals surface area contributed by atoms with Crippen LogP contribution in [0.3, 0.4) is 0 Å². The number of halogens is 2. The minimum atomic E-state index is -0.148. The summed E-state index contributed by atoms with van der Waals surface area (Å²) in [6.45, 7) is 1.95.